The van der Waals surface area contributed by atoms with E-state index in [2.05, 4.69) is 220 Å². The van der Waals surface area contributed by atoms with E-state index in [-0.39, 0.29) is 0 Å². The zero-order chi connectivity index (χ0) is 37.5. The number of nitrogens with one attached hydrogen (secondary N) is 1. The molecule has 0 spiro atoms. The van der Waals surface area contributed by atoms with Crippen molar-refractivity contribution >= 4 is 65.4 Å². The molecule has 0 radical (unpaired) electrons. The van der Waals surface area contributed by atoms with Crippen LogP contribution in [0.2, 0.25) is 0 Å². The van der Waals surface area contributed by atoms with Crippen LogP contribution < -0.4 is 0 Å². The van der Waals surface area contributed by atoms with Crippen molar-refractivity contribution in [3.63, 3.8) is 0 Å². The molecule has 266 valence electrons. The van der Waals surface area contributed by atoms with Crippen LogP contribution in [0.25, 0.3) is 110 Å². The average molecular weight is 726 g/mol. The van der Waals surface area contributed by atoms with Gasteiger partial charge >= 0.3 is 0 Å². The van der Waals surface area contributed by atoms with E-state index < -0.39 is 0 Å². The van der Waals surface area contributed by atoms with Gasteiger partial charge in [-0.25, -0.2) is 0 Å². The Morgan fingerprint density at radius 2 is 0.649 bits per heavy atom. The molecule has 0 bridgehead atoms. The van der Waals surface area contributed by atoms with E-state index in [0.29, 0.717) is 0 Å². The van der Waals surface area contributed by atoms with Gasteiger partial charge < -0.3 is 14.1 Å². The number of hydrogen-bond donors (Lipinski definition) is 1. The minimum absolute atomic E-state index is 1.15. The molecular formula is C54H35N3. The number of aromatic nitrogens is 3. The molecule has 3 heterocycles. The number of benzene rings is 9. The Labute approximate surface area is 329 Å². The fraction of sp³-hybridized carbons (Fsp3) is 0. The molecule has 12 rings (SSSR count). The van der Waals surface area contributed by atoms with E-state index in [1.54, 1.807) is 0 Å². The summed E-state index contributed by atoms with van der Waals surface area (Å²) < 4.78 is 4.83. The maximum absolute atomic E-state index is 3.66. The predicted molar refractivity (Wildman–Crippen MR) is 241 cm³/mol. The van der Waals surface area contributed by atoms with Gasteiger partial charge in [-0.15, -0.1) is 0 Å². The van der Waals surface area contributed by atoms with Gasteiger partial charge in [0.25, 0.3) is 0 Å². The van der Waals surface area contributed by atoms with E-state index in [9.17, 15) is 0 Å². The second kappa shape index (κ2) is 12.5. The molecule has 0 unspecified atom stereocenters. The minimum atomic E-state index is 1.15. The number of fused-ring (bicyclic) bond motifs is 9. The van der Waals surface area contributed by atoms with E-state index in [4.69, 9.17) is 0 Å². The van der Waals surface area contributed by atoms with Crippen LogP contribution in [-0.4, -0.2) is 14.1 Å². The first-order chi connectivity index (χ1) is 28.2. The Bertz CT molecular complexity index is 3500. The van der Waals surface area contributed by atoms with Gasteiger partial charge in [0.15, 0.2) is 0 Å². The number of para-hydroxylation sites is 2. The van der Waals surface area contributed by atoms with E-state index in [0.717, 1.165) is 22.4 Å². The molecule has 57 heavy (non-hydrogen) atoms. The first kappa shape index (κ1) is 31.7. The Balaban J connectivity index is 1.06. The number of hydrogen-bond acceptors (Lipinski definition) is 0. The van der Waals surface area contributed by atoms with Gasteiger partial charge in [0.2, 0.25) is 0 Å². The Morgan fingerprint density at radius 1 is 0.246 bits per heavy atom. The first-order valence-electron chi connectivity index (χ1n) is 19.6. The number of H-pyrrole nitrogens is 1. The highest BCUT2D eigenvalue weighted by molar-refractivity contribution is 6.14. The van der Waals surface area contributed by atoms with Crippen molar-refractivity contribution in [3.05, 3.63) is 206 Å². The van der Waals surface area contributed by atoms with Crippen molar-refractivity contribution < 1.29 is 0 Å². The summed E-state index contributed by atoms with van der Waals surface area (Å²) in [6.45, 7) is 0. The molecule has 3 heteroatoms. The molecule has 0 fully saturated rings. The van der Waals surface area contributed by atoms with Crippen LogP contribution in [0.5, 0.6) is 0 Å². The molecule has 3 aromatic heterocycles. The SMILES string of the molecule is c1ccc(-c2ccc3[nH]c4ccc(-c5ccc6c(c5)c5cc(-c7ccccc7)ccc5n6-c5ccc6c(c5)c5ccccc5n6-c5ccccc5)cc4c3c2)cc1. The normalized spacial score (nSPS) is 11.9. The summed E-state index contributed by atoms with van der Waals surface area (Å²) in [6, 6.07) is 75.3. The molecule has 0 saturated heterocycles. The largest absolute Gasteiger partial charge is 0.355 e. The molecule has 0 saturated carbocycles. The topological polar surface area (TPSA) is 25.6 Å². The number of rotatable bonds is 5. The molecule has 9 aromatic carbocycles. The summed E-state index contributed by atoms with van der Waals surface area (Å²) in [4.78, 5) is 3.66. The minimum Gasteiger partial charge on any atom is -0.355 e. The third-order valence-corrected chi connectivity index (χ3v) is 11.8. The Morgan fingerprint density at radius 3 is 1.23 bits per heavy atom. The highest BCUT2D eigenvalue weighted by Crippen LogP contribution is 2.40. The average Bonchev–Trinajstić information content (AvgIpc) is 3.93. The van der Waals surface area contributed by atoms with Crippen LogP contribution >= 0.6 is 0 Å². The lowest BCUT2D eigenvalue weighted by atomic mass is 9.98. The van der Waals surface area contributed by atoms with Crippen LogP contribution in [-0.2, 0) is 0 Å². The van der Waals surface area contributed by atoms with Gasteiger partial charge in [-0.1, -0.05) is 121 Å². The highest BCUT2D eigenvalue weighted by Gasteiger charge is 2.18. The summed E-state index contributed by atoms with van der Waals surface area (Å²) in [5.41, 5.74) is 16.7. The van der Waals surface area contributed by atoms with Crippen molar-refractivity contribution in [2.45, 2.75) is 0 Å². The lowest BCUT2D eigenvalue weighted by Gasteiger charge is -2.11. The van der Waals surface area contributed by atoms with Crippen LogP contribution in [0.15, 0.2) is 206 Å². The number of nitrogens with zero attached hydrogens (tertiary/aromatic N) is 2. The van der Waals surface area contributed by atoms with Crippen LogP contribution in [0, 0.1) is 0 Å². The standard InChI is InChI=1S/C54H35N3/c1-4-12-35(13-5-1)37-20-25-49-44(30-37)45-31-39(21-26-50(45)55-49)40-23-28-53-47(33-40)46-32-38(36-14-6-2-7-15-36)22-27-52(46)57(53)42-24-29-54-48(34-42)43-18-10-11-19-51(43)56(54)41-16-8-3-9-17-41/h1-34,55H. The van der Waals surface area contributed by atoms with Crippen molar-refractivity contribution in [2.75, 3.05) is 0 Å². The van der Waals surface area contributed by atoms with E-state index >= 15 is 0 Å². The Kier molecular flexibility index (Phi) is 6.93. The third-order valence-electron chi connectivity index (χ3n) is 11.8. The van der Waals surface area contributed by atoms with Gasteiger partial charge in [-0.2, -0.15) is 0 Å². The second-order valence-electron chi connectivity index (χ2n) is 15.1. The predicted octanol–water partition coefficient (Wildman–Crippen LogP) is 14.5. The Hall–Kier alpha value is -7.62. The first-order valence-corrected chi connectivity index (χ1v) is 19.6. The fourth-order valence-corrected chi connectivity index (χ4v) is 9.13. The van der Waals surface area contributed by atoms with Gasteiger partial charge in [-0.05, 0) is 118 Å². The van der Waals surface area contributed by atoms with Crippen molar-refractivity contribution in [1.29, 1.82) is 0 Å². The summed E-state index contributed by atoms with van der Waals surface area (Å²) in [6.07, 6.45) is 0. The van der Waals surface area contributed by atoms with Crippen molar-refractivity contribution in [2.24, 2.45) is 0 Å². The second-order valence-corrected chi connectivity index (χ2v) is 15.1. The molecule has 1 N–H and O–H groups in total. The van der Waals surface area contributed by atoms with Crippen LogP contribution in [0.4, 0.5) is 0 Å². The van der Waals surface area contributed by atoms with Gasteiger partial charge in [0, 0.05) is 54.7 Å². The van der Waals surface area contributed by atoms with Crippen molar-refractivity contribution in [1.82, 2.24) is 14.1 Å². The molecule has 0 aliphatic heterocycles. The van der Waals surface area contributed by atoms with E-state index in [1.807, 2.05) is 0 Å². The monoisotopic (exact) mass is 725 g/mol. The lowest BCUT2D eigenvalue weighted by Crippen LogP contribution is -1.95. The lowest BCUT2D eigenvalue weighted by molar-refractivity contribution is 1.17. The summed E-state index contributed by atoms with van der Waals surface area (Å²) >= 11 is 0. The molecule has 0 amide bonds. The summed E-state index contributed by atoms with van der Waals surface area (Å²) in [7, 11) is 0. The molecular weight excluding hydrogens is 691 g/mol. The van der Waals surface area contributed by atoms with Crippen LogP contribution in [0.3, 0.4) is 0 Å². The molecule has 0 atom stereocenters. The maximum Gasteiger partial charge on any atom is 0.0542 e. The van der Waals surface area contributed by atoms with Crippen molar-refractivity contribution in [3.8, 4) is 44.8 Å². The quantitative estimate of drug-likeness (QED) is 0.183. The maximum atomic E-state index is 3.66. The molecule has 0 aliphatic carbocycles. The fourth-order valence-electron chi connectivity index (χ4n) is 9.13. The number of aromatic amines is 1. The van der Waals surface area contributed by atoms with Crippen LogP contribution in [0.1, 0.15) is 0 Å². The third kappa shape index (κ3) is 4.99. The van der Waals surface area contributed by atoms with Gasteiger partial charge in [0.05, 0.1) is 22.1 Å². The summed E-state index contributed by atoms with van der Waals surface area (Å²) in [5.74, 6) is 0. The van der Waals surface area contributed by atoms with Gasteiger partial charge in [-0.3, -0.25) is 0 Å². The summed E-state index contributed by atoms with van der Waals surface area (Å²) in [5, 5.41) is 7.43. The molecule has 12 aromatic rings. The van der Waals surface area contributed by atoms with E-state index in [1.165, 1.54) is 87.8 Å². The zero-order valence-corrected chi connectivity index (χ0v) is 31.0. The molecule has 3 nitrogen and oxygen atoms in total. The smallest absolute Gasteiger partial charge is 0.0542 e. The van der Waals surface area contributed by atoms with Gasteiger partial charge in [0.1, 0.15) is 0 Å². The molecule has 0 aliphatic rings. The zero-order valence-electron chi connectivity index (χ0n) is 31.0. The highest BCUT2D eigenvalue weighted by atomic mass is 15.0.